The highest BCUT2D eigenvalue weighted by Crippen LogP contribution is 2.44. The Morgan fingerprint density at radius 1 is 1.56 bits per heavy atom. The van der Waals surface area contributed by atoms with Gasteiger partial charge in [0.15, 0.2) is 0 Å². The summed E-state index contributed by atoms with van der Waals surface area (Å²) in [7, 11) is 0. The maximum Gasteiger partial charge on any atom is 0.339 e. The second-order valence-electron chi connectivity index (χ2n) is 5.21. The SMILES string of the molecule is CCC(C)(C)c1cc(C(=O)O)c(C2CC2)o1. The zero-order chi connectivity index (χ0) is 11.9. The Balaban J connectivity index is 2.42. The highest BCUT2D eigenvalue weighted by Gasteiger charge is 2.35. The molecule has 1 saturated carbocycles. The van der Waals surface area contributed by atoms with Crippen molar-refractivity contribution < 1.29 is 14.3 Å². The molecule has 0 bridgehead atoms. The largest absolute Gasteiger partial charge is 0.478 e. The fraction of sp³-hybridized carbons (Fsp3) is 0.615. The lowest BCUT2D eigenvalue weighted by Gasteiger charge is -2.19. The van der Waals surface area contributed by atoms with Gasteiger partial charge in [0.05, 0.1) is 0 Å². The quantitative estimate of drug-likeness (QED) is 0.847. The minimum atomic E-state index is -0.871. The number of aromatic carboxylic acids is 1. The molecular weight excluding hydrogens is 204 g/mol. The minimum absolute atomic E-state index is 0.0860. The number of hydrogen-bond acceptors (Lipinski definition) is 2. The van der Waals surface area contributed by atoms with Crippen molar-refractivity contribution in [3.05, 3.63) is 23.2 Å². The molecule has 0 saturated heterocycles. The number of rotatable bonds is 4. The first-order chi connectivity index (χ1) is 7.45. The smallest absolute Gasteiger partial charge is 0.339 e. The van der Waals surface area contributed by atoms with E-state index in [1.54, 1.807) is 6.07 Å². The summed E-state index contributed by atoms with van der Waals surface area (Å²) in [5.74, 6) is 0.953. The second-order valence-corrected chi connectivity index (χ2v) is 5.21. The maximum atomic E-state index is 11.1. The van der Waals surface area contributed by atoms with Gasteiger partial charge >= 0.3 is 5.97 Å². The summed E-state index contributed by atoms with van der Waals surface area (Å²) in [5.41, 5.74) is 0.274. The van der Waals surface area contributed by atoms with Crippen LogP contribution in [0.5, 0.6) is 0 Å². The lowest BCUT2D eigenvalue weighted by atomic mass is 9.87. The molecule has 1 aliphatic rings. The van der Waals surface area contributed by atoms with Gasteiger partial charge in [0.1, 0.15) is 17.1 Å². The van der Waals surface area contributed by atoms with Crippen molar-refractivity contribution in [2.75, 3.05) is 0 Å². The van der Waals surface area contributed by atoms with Gasteiger partial charge < -0.3 is 9.52 Å². The number of carboxylic acids is 1. The fourth-order valence-corrected chi connectivity index (χ4v) is 1.73. The van der Waals surface area contributed by atoms with Crippen molar-refractivity contribution in [3.8, 4) is 0 Å². The Morgan fingerprint density at radius 2 is 2.19 bits per heavy atom. The van der Waals surface area contributed by atoms with Crippen molar-refractivity contribution >= 4 is 5.97 Å². The molecule has 0 atom stereocenters. The van der Waals surface area contributed by atoms with Crippen LogP contribution in [0.15, 0.2) is 10.5 Å². The van der Waals surface area contributed by atoms with Crippen molar-refractivity contribution in [2.24, 2.45) is 0 Å². The van der Waals surface area contributed by atoms with Crippen LogP contribution in [0.3, 0.4) is 0 Å². The van der Waals surface area contributed by atoms with Gasteiger partial charge in [-0.15, -0.1) is 0 Å². The molecule has 2 rings (SSSR count). The summed E-state index contributed by atoms with van der Waals surface area (Å²) in [6, 6.07) is 1.71. The summed E-state index contributed by atoms with van der Waals surface area (Å²) < 4.78 is 5.77. The van der Waals surface area contributed by atoms with Gasteiger partial charge in [0.2, 0.25) is 0 Å². The van der Waals surface area contributed by atoms with E-state index >= 15 is 0 Å². The third kappa shape index (κ3) is 1.86. The lowest BCUT2D eigenvalue weighted by molar-refractivity contribution is 0.0694. The topological polar surface area (TPSA) is 50.4 Å². The van der Waals surface area contributed by atoms with E-state index in [9.17, 15) is 4.79 Å². The molecule has 1 heterocycles. The van der Waals surface area contributed by atoms with Crippen molar-refractivity contribution in [1.29, 1.82) is 0 Å². The van der Waals surface area contributed by atoms with E-state index in [4.69, 9.17) is 9.52 Å². The molecule has 0 aromatic carbocycles. The van der Waals surface area contributed by atoms with Crippen LogP contribution in [0.4, 0.5) is 0 Å². The van der Waals surface area contributed by atoms with E-state index in [0.717, 1.165) is 25.0 Å². The van der Waals surface area contributed by atoms with E-state index in [0.29, 0.717) is 17.2 Å². The normalized spacial score (nSPS) is 16.4. The first-order valence-corrected chi connectivity index (χ1v) is 5.83. The first kappa shape index (κ1) is 11.2. The molecule has 16 heavy (non-hydrogen) atoms. The Hall–Kier alpha value is -1.25. The van der Waals surface area contributed by atoms with Gasteiger partial charge in [-0.25, -0.2) is 4.79 Å². The van der Waals surface area contributed by atoms with Crippen LogP contribution < -0.4 is 0 Å². The van der Waals surface area contributed by atoms with Crippen LogP contribution in [0.25, 0.3) is 0 Å². The van der Waals surface area contributed by atoms with E-state index in [1.807, 2.05) is 0 Å². The molecule has 1 fully saturated rings. The molecule has 0 amide bonds. The standard InChI is InChI=1S/C13H18O3/c1-4-13(2,3)10-7-9(12(14)15)11(16-10)8-5-6-8/h7-8H,4-6H2,1-3H3,(H,14,15). The third-order valence-corrected chi connectivity index (χ3v) is 3.49. The summed E-state index contributed by atoms with van der Waals surface area (Å²) in [6.45, 7) is 6.24. The highest BCUT2D eigenvalue weighted by atomic mass is 16.4. The van der Waals surface area contributed by atoms with Crippen LogP contribution in [-0.4, -0.2) is 11.1 Å². The van der Waals surface area contributed by atoms with Crippen LogP contribution >= 0.6 is 0 Å². The summed E-state index contributed by atoms with van der Waals surface area (Å²) in [4.78, 5) is 11.1. The van der Waals surface area contributed by atoms with E-state index in [-0.39, 0.29) is 5.41 Å². The van der Waals surface area contributed by atoms with Gasteiger partial charge in [-0.1, -0.05) is 20.8 Å². The van der Waals surface area contributed by atoms with Gasteiger partial charge in [0, 0.05) is 11.3 Å². The molecule has 3 nitrogen and oxygen atoms in total. The van der Waals surface area contributed by atoms with Gasteiger partial charge in [-0.3, -0.25) is 0 Å². The molecule has 0 aliphatic heterocycles. The van der Waals surface area contributed by atoms with Crippen LogP contribution in [0, 0.1) is 0 Å². The first-order valence-electron chi connectivity index (χ1n) is 5.83. The molecule has 0 unspecified atom stereocenters. The molecule has 0 spiro atoms. The fourth-order valence-electron chi connectivity index (χ4n) is 1.73. The molecule has 1 N–H and O–H groups in total. The molecule has 1 aromatic rings. The average molecular weight is 222 g/mol. The van der Waals surface area contributed by atoms with Crippen molar-refractivity contribution in [1.82, 2.24) is 0 Å². The Labute approximate surface area is 95.5 Å². The van der Waals surface area contributed by atoms with Gasteiger partial charge in [-0.2, -0.15) is 0 Å². The zero-order valence-corrected chi connectivity index (χ0v) is 10.0. The average Bonchev–Trinajstić information content (AvgIpc) is 2.96. The summed E-state index contributed by atoms with van der Waals surface area (Å²) >= 11 is 0. The zero-order valence-electron chi connectivity index (χ0n) is 10.0. The number of furan rings is 1. The Bertz CT molecular complexity index is 411. The minimum Gasteiger partial charge on any atom is -0.478 e. The van der Waals surface area contributed by atoms with Gasteiger partial charge in [0.25, 0.3) is 0 Å². The predicted octanol–water partition coefficient (Wildman–Crippen LogP) is 3.54. The Kier molecular flexibility index (Phi) is 2.56. The predicted molar refractivity (Wildman–Crippen MR) is 61.0 cm³/mol. The number of carboxylic acid groups (broad SMARTS) is 1. The third-order valence-electron chi connectivity index (χ3n) is 3.49. The maximum absolute atomic E-state index is 11.1. The van der Waals surface area contributed by atoms with E-state index in [2.05, 4.69) is 20.8 Å². The van der Waals surface area contributed by atoms with Crippen LogP contribution in [-0.2, 0) is 5.41 Å². The number of carbonyl (C=O) groups is 1. The van der Waals surface area contributed by atoms with Crippen LogP contribution in [0.1, 0.15) is 67.8 Å². The van der Waals surface area contributed by atoms with Crippen molar-refractivity contribution in [3.63, 3.8) is 0 Å². The molecule has 1 aliphatic carbocycles. The molecular formula is C13H18O3. The van der Waals surface area contributed by atoms with E-state index < -0.39 is 5.97 Å². The molecule has 1 aromatic heterocycles. The van der Waals surface area contributed by atoms with E-state index in [1.165, 1.54) is 0 Å². The lowest BCUT2D eigenvalue weighted by Crippen LogP contribution is -2.14. The number of hydrogen-bond donors (Lipinski definition) is 1. The second kappa shape index (κ2) is 3.65. The molecule has 88 valence electrons. The van der Waals surface area contributed by atoms with Gasteiger partial charge in [-0.05, 0) is 25.3 Å². The van der Waals surface area contributed by atoms with Crippen molar-refractivity contribution in [2.45, 2.75) is 51.4 Å². The Morgan fingerprint density at radius 3 is 2.62 bits per heavy atom. The summed E-state index contributed by atoms with van der Waals surface area (Å²) in [5, 5.41) is 9.13. The van der Waals surface area contributed by atoms with Crippen LogP contribution in [0.2, 0.25) is 0 Å². The monoisotopic (exact) mass is 222 g/mol. The molecule has 0 radical (unpaired) electrons. The summed E-state index contributed by atoms with van der Waals surface area (Å²) in [6.07, 6.45) is 3.04. The molecule has 3 heteroatoms. The highest BCUT2D eigenvalue weighted by molar-refractivity contribution is 5.89.